The van der Waals surface area contributed by atoms with E-state index in [2.05, 4.69) is 16.4 Å². The zero-order valence-electron chi connectivity index (χ0n) is 20.5. The summed E-state index contributed by atoms with van der Waals surface area (Å²) in [6.45, 7) is 0. The third kappa shape index (κ3) is 5.62. The van der Waals surface area contributed by atoms with Gasteiger partial charge in [0.2, 0.25) is 5.75 Å². The molecule has 0 spiro atoms. The molecule has 0 aliphatic carbocycles. The van der Waals surface area contributed by atoms with Crippen LogP contribution < -0.4 is 19.5 Å². The second-order valence-electron chi connectivity index (χ2n) is 7.79. The molecule has 192 valence electrons. The van der Waals surface area contributed by atoms with Crippen LogP contribution in [0.15, 0.2) is 66.2 Å². The normalized spacial score (nSPS) is 11.0. The van der Waals surface area contributed by atoms with Crippen LogP contribution in [0.1, 0.15) is 20.9 Å². The van der Waals surface area contributed by atoms with Gasteiger partial charge in [-0.25, -0.2) is 9.37 Å². The molecule has 0 bridgehead atoms. The van der Waals surface area contributed by atoms with E-state index in [1.807, 2.05) is 0 Å². The first-order valence-corrected chi connectivity index (χ1v) is 12.4. The van der Waals surface area contributed by atoms with Gasteiger partial charge in [-0.05, 0) is 54.6 Å². The fraction of sp³-hybridized carbons (Fsp3) is 0.107. The van der Waals surface area contributed by atoms with Gasteiger partial charge in [0.1, 0.15) is 22.5 Å². The number of ketones is 1. The van der Waals surface area contributed by atoms with Crippen LogP contribution in [0.2, 0.25) is 5.02 Å². The molecule has 0 unspecified atom stereocenters. The number of rotatable bonds is 9. The maximum atomic E-state index is 13.6. The highest BCUT2D eigenvalue weighted by Gasteiger charge is 2.20. The average molecular weight is 550 g/mol. The number of allylic oxidation sites excluding steroid dienone is 1. The van der Waals surface area contributed by atoms with E-state index in [9.17, 15) is 14.4 Å². The molecule has 0 radical (unpaired) electrons. The maximum absolute atomic E-state index is 13.6. The molecule has 10 heteroatoms. The van der Waals surface area contributed by atoms with Gasteiger partial charge in [-0.2, -0.15) is 5.26 Å². The van der Waals surface area contributed by atoms with Gasteiger partial charge in [0.05, 0.1) is 27.0 Å². The minimum absolute atomic E-state index is 0.254. The highest BCUT2D eigenvalue weighted by atomic mass is 35.5. The number of methoxy groups -OCH3 is 3. The predicted octanol–water partition coefficient (Wildman–Crippen LogP) is 6.84. The summed E-state index contributed by atoms with van der Waals surface area (Å²) in [5.74, 6) is 0.333. The first-order chi connectivity index (χ1) is 18.4. The third-order valence-electron chi connectivity index (χ3n) is 5.52. The summed E-state index contributed by atoms with van der Waals surface area (Å²) in [5, 5.41) is 15.4. The van der Waals surface area contributed by atoms with Crippen molar-refractivity contribution in [2.45, 2.75) is 0 Å². The van der Waals surface area contributed by atoms with Crippen LogP contribution in [0.25, 0.3) is 16.8 Å². The Morgan fingerprint density at radius 1 is 1.05 bits per heavy atom. The number of hydrogen-bond donors (Lipinski definition) is 1. The molecule has 1 aromatic heterocycles. The molecular weight excluding hydrogens is 529 g/mol. The molecule has 4 rings (SSSR count). The molecule has 0 amide bonds. The van der Waals surface area contributed by atoms with Crippen LogP contribution in [-0.4, -0.2) is 32.1 Å². The fourth-order valence-electron chi connectivity index (χ4n) is 3.64. The fourth-order valence-corrected chi connectivity index (χ4v) is 4.61. The van der Waals surface area contributed by atoms with Gasteiger partial charge >= 0.3 is 0 Å². The summed E-state index contributed by atoms with van der Waals surface area (Å²) in [5.41, 5.74) is 2.59. The van der Waals surface area contributed by atoms with E-state index in [0.29, 0.717) is 38.7 Å². The number of hydrogen-bond acceptors (Lipinski definition) is 8. The summed E-state index contributed by atoms with van der Waals surface area (Å²) in [6, 6.07) is 16.0. The maximum Gasteiger partial charge on any atom is 0.203 e. The molecule has 0 saturated heterocycles. The minimum Gasteiger partial charge on any atom is -0.493 e. The summed E-state index contributed by atoms with van der Waals surface area (Å²) < 4.78 is 29.3. The van der Waals surface area contributed by atoms with Gasteiger partial charge < -0.3 is 19.5 Å². The van der Waals surface area contributed by atoms with Gasteiger partial charge in [-0.3, -0.25) is 4.79 Å². The number of nitriles is 1. The number of carbonyl (C=O) groups excluding carboxylic acids is 1. The molecule has 0 saturated carbocycles. The SMILES string of the molecule is COc1cc(C(=O)c2cc(Cl)ccc2N/C=C(\C#N)c2nc(-c3ccc(F)cc3)cs2)cc(OC)c1OC. The molecule has 0 aliphatic heterocycles. The Hall–Kier alpha value is -4.39. The zero-order chi connectivity index (χ0) is 27.2. The van der Waals surface area contributed by atoms with E-state index in [1.54, 1.807) is 41.8 Å². The highest BCUT2D eigenvalue weighted by molar-refractivity contribution is 7.11. The van der Waals surface area contributed by atoms with Crippen molar-refractivity contribution in [3.05, 3.63) is 93.2 Å². The number of aromatic nitrogens is 1. The molecule has 3 aromatic carbocycles. The lowest BCUT2D eigenvalue weighted by Gasteiger charge is -2.15. The number of carbonyl (C=O) groups is 1. The Morgan fingerprint density at radius 2 is 1.74 bits per heavy atom. The number of thiazole rings is 1. The minimum atomic E-state index is -0.353. The van der Waals surface area contributed by atoms with Crippen LogP contribution in [0.4, 0.5) is 10.1 Å². The molecule has 0 aliphatic rings. The summed E-state index contributed by atoms with van der Waals surface area (Å²) in [7, 11) is 4.41. The molecule has 1 N–H and O–H groups in total. The van der Waals surface area contributed by atoms with Gasteiger partial charge in [0.15, 0.2) is 17.3 Å². The first kappa shape index (κ1) is 26.7. The van der Waals surface area contributed by atoms with E-state index < -0.39 is 0 Å². The van der Waals surface area contributed by atoms with Crippen molar-refractivity contribution in [1.29, 1.82) is 5.26 Å². The lowest BCUT2D eigenvalue weighted by atomic mass is 10.0. The monoisotopic (exact) mass is 549 g/mol. The Kier molecular flexibility index (Phi) is 8.26. The Bertz CT molecular complexity index is 1540. The van der Waals surface area contributed by atoms with Crippen molar-refractivity contribution in [1.82, 2.24) is 4.98 Å². The number of benzene rings is 3. The summed E-state index contributed by atoms with van der Waals surface area (Å²) >= 11 is 7.50. The van der Waals surface area contributed by atoms with Gasteiger partial charge in [-0.15, -0.1) is 11.3 Å². The highest BCUT2D eigenvalue weighted by Crippen LogP contribution is 2.39. The molecule has 38 heavy (non-hydrogen) atoms. The Labute approximate surface area is 227 Å². The molecule has 4 aromatic rings. The molecule has 0 atom stereocenters. The van der Waals surface area contributed by atoms with Crippen molar-refractivity contribution >= 4 is 40.0 Å². The molecule has 7 nitrogen and oxygen atoms in total. The largest absolute Gasteiger partial charge is 0.493 e. The second kappa shape index (κ2) is 11.8. The van der Waals surface area contributed by atoms with Crippen LogP contribution >= 0.6 is 22.9 Å². The zero-order valence-corrected chi connectivity index (χ0v) is 22.1. The average Bonchev–Trinajstić information content (AvgIpc) is 3.43. The molecule has 1 heterocycles. The predicted molar refractivity (Wildman–Crippen MR) is 146 cm³/mol. The van der Waals surface area contributed by atoms with Gasteiger partial charge in [-0.1, -0.05) is 11.6 Å². The first-order valence-electron chi connectivity index (χ1n) is 11.1. The Balaban J connectivity index is 1.66. The Morgan fingerprint density at radius 3 is 2.34 bits per heavy atom. The van der Waals surface area contributed by atoms with E-state index in [-0.39, 0.29) is 28.3 Å². The van der Waals surface area contributed by atoms with Crippen LogP contribution in [0, 0.1) is 17.1 Å². The van der Waals surface area contributed by atoms with E-state index in [0.717, 1.165) is 5.56 Å². The number of ether oxygens (including phenoxy) is 3. The van der Waals surface area contributed by atoms with E-state index >= 15 is 0 Å². The lowest BCUT2D eigenvalue weighted by Crippen LogP contribution is -2.07. The van der Waals surface area contributed by atoms with Gasteiger partial charge in [0.25, 0.3) is 0 Å². The van der Waals surface area contributed by atoms with Crippen molar-refractivity contribution in [2.24, 2.45) is 0 Å². The molecule has 0 fully saturated rings. The van der Waals surface area contributed by atoms with Crippen molar-refractivity contribution < 1.29 is 23.4 Å². The number of nitrogens with one attached hydrogen (secondary N) is 1. The second-order valence-corrected chi connectivity index (χ2v) is 9.09. The summed E-state index contributed by atoms with van der Waals surface area (Å²) in [4.78, 5) is 18.1. The van der Waals surface area contributed by atoms with Crippen molar-refractivity contribution in [2.75, 3.05) is 26.6 Å². The number of halogens is 2. The quantitative estimate of drug-likeness (QED) is 0.180. The number of anilines is 1. The van der Waals surface area contributed by atoms with E-state index in [4.69, 9.17) is 25.8 Å². The standard InChI is InChI=1S/C28H21ClFN3O4S/c1-35-24-10-17(11-25(36-2)27(24)37-3)26(34)21-12-19(29)6-9-22(21)32-14-18(13-31)28-33-23(15-38-28)16-4-7-20(30)8-5-16/h4-12,14-15,32H,1-3H3/b18-14+. The topological polar surface area (TPSA) is 93.5 Å². The van der Waals surface area contributed by atoms with Crippen LogP contribution in [0.3, 0.4) is 0 Å². The van der Waals surface area contributed by atoms with Gasteiger partial charge in [0, 0.05) is 39.0 Å². The van der Waals surface area contributed by atoms with Crippen molar-refractivity contribution in [3.63, 3.8) is 0 Å². The smallest absolute Gasteiger partial charge is 0.203 e. The van der Waals surface area contributed by atoms with Crippen molar-refractivity contribution in [3.8, 4) is 34.6 Å². The van der Waals surface area contributed by atoms with Crippen LogP contribution in [-0.2, 0) is 0 Å². The summed E-state index contributed by atoms with van der Waals surface area (Å²) in [6.07, 6.45) is 1.47. The van der Waals surface area contributed by atoms with E-state index in [1.165, 1.54) is 57.1 Å². The van der Waals surface area contributed by atoms with Crippen LogP contribution in [0.5, 0.6) is 17.2 Å². The number of nitrogens with zero attached hydrogens (tertiary/aromatic N) is 2. The third-order valence-corrected chi connectivity index (χ3v) is 6.63. The molecular formula is C28H21ClFN3O4S. The lowest BCUT2D eigenvalue weighted by molar-refractivity contribution is 0.103.